The smallest absolute Gasteiger partial charge is 0.251 e. The van der Waals surface area contributed by atoms with Crippen molar-refractivity contribution in [1.82, 2.24) is 10.3 Å². The zero-order chi connectivity index (χ0) is 15.2. The van der Waals surface area contributed by atoms with E-state index >= 15 is 0 Å². The molecule has 4 heteroatoms. The predicted molar refractivity (Wildman–Crippen MR) is 86.1 cm³/mol. The zero-order valence-electron chi connectivity index (χ0n) is 13.2. The minimum Gasteiger partial charge on any atom is -0.384 e. The Labute approximate surface area is 127 Å². The maximum Gasteiger partial charge on any atom is 0.251 e. The Morgan fingerprint density at radius 1 is 1.29 bits per heavy atom. The maximum absolute atomic E-state index is 12.3. The van der Waals surface area contributed by atoms with Crippen LogP contribution in [0.15, 0.2) is 12.1 Å². The number of rotatable bonds is 5. The van der Waals surface area contributed by atoms with Crippen molar-refractivity contribution in [2.45, 2.75) is 64.8 Å². The Morgan fingerprint density at radius 2 is 2.00 bits per heavy atom. The molecule has 0 bridgehead atoms. The van der Waals surface area contributed by atoms with Crippen molar-refractivity contribution in [3.63, 3.8) is 0 Å². The number of hydrogen-bond donors (Lipinski definition) is 2. The fourth-order valence-corrected chi connectivity index (χ4v) is 3.20. The number of carbonyl (C=O) groups is 1. The molecule has 1 aromatic rings. The standard InChI is InChI=1S/C17H27N3O/c1-3-5-12-6-8-15(9-7-12)20-17(21)13-10-14(4-2)19-16(18)11-13/h10-12,15H,3-9H2,1-2H3,(H2,18,19)(H,20,21). The van der Waals surface area contributed by atoms with Crippen LogP contribution < -0.4 is 11.1 Å². The summed E-state index contributed by atoms with van der Waals surface area (Å²) < 4.78 is 0. The van der Waals surface area contributed by atoms with E-state index in [9.17, 15) is 4.79 Å². The van der Waals surface area contributed by atoms with Gasteiger partial charge in [0, 0.05) is 17.3 Å². The molecule has 1 amide bonds. The van der Waals surface area contributed by atoms with Crippen LogP contribution in [-0.4, -0.2) is 16.9 Å². The number of nitrogen functional groups attached to an aromatic ring is 1. The van der Waals surface area contributed by atoms with Crippen molar-refractivity contribution in [2.24, 2.45) is 5.92 Å². The molecule has 4 nitrogen and oxygen atoms in total. The molecule has 0 atom stereocenters. The van der Waals surface area contributed by atoms with E-state index < -0.39 is 0 Å². The highest BCUT2D eigenvalue weighted by molar-refractivity contribution is 5.95. The molecule has 21 heavy (non-hydrogen) atoms. The van der Waals surface area contributed by atoms with Crippen molar-refractivity contribution in [2.75, 3.05) is 5.73 Å². The average Bonchev–Trinajstić information content (AvgIpc) is 2.48. The molecule has 0 saturated heterocycles. The van der Waals surface area contributed by atoms with Crippen LogP contribution in [0.1, 0.15) is 68.4 Å². The SMILES string of the molecule is CCCC1CCC(NC(=O)c2cc(N)nc(CC)c2)CC1. The van der Waals surface area contributed by atoms with E-state index in [4.69, 9.17) is 5.73 Å². The number of hydrogen-bond acceptors (Lipinski definition) is 3. The third kappa shape index (κ3) is 4.45. The molecule has 1 heterocycles. The molecule has 0 aromatic carbocycles. The van der Waals surface area contributed by atoms with Gasteiger partial charge in [-0.1, -0.05) is 26.7 Å². The molecule has 1 saturated carbocycles. The van der Waals surface area contributed by atoms with Crippen molar-refractivity contribution < 1.29 is 4.79 Å². The van der Waals surface area contributed by atoms with Crippen LogP contribution in [-0.2, 0) is 6.42 Å². The number of aryl methyl sites for hydroxylation is 1. The van der Waals surface area contributed by atoms with Gasteiger partial charge in [-0.15, -0.1) is 0 Å². The number of anilines is 1. The van der Waals surface area contributed by atoms with Crippen molar-refractivity contribution in [3.05, 3.63) is 23.4 Å². The molecule has 1 aliphatic carbocycles. The number of nitrogens with two attached hydrogens (primary N) is 1. The van der Waals surface area contributed by atoms with Gasteiger partial charge in [0.1, 0.15) is 5.82 Å². The maximum atomic E-state index is 12.3. The van der Waals surface area contributed by atoms with Crippen LogP contribution >= 0.6 is 0 Å². The molecular weight excluding hydrogens is 262 g/mol. The van der Waals surface area contributed by atoms with Gasteiger partial charge >= 0.3 is 0 Å². The number of nitrogens with zero attached hydrogens (tertiary/aromatic N) is 1. The molecule has 0 spiro atoms. The second kappa shape index (κ2) is 7.43. The molecular formula is C17H27N3O. The lowest BCUT2D eigenvalue weighted by Crippen LogP contribution is -2.37. The Hall–Kier alpha value is -1.58. The van der Waals surface area contributed by atoms with Crippen LogP contribution in [0, 0.1) is 5.92 Å². The summed E-state index contributed by atoms with van der Waals surface area (Å²) in [5.41, 5.74) is 7.27. The summed E-state index contributed by atoms with van der Waals surface area (Å²) in [7, 11) is 0. The van der Waals surface area contributed by atoms with E-state index in [0.29, 0.717) is 17.4 Å². The predicted octanol–water partition coefficient (Wildman–Crippen LogP) is 3.31. The van der Waals surface area contributed by atoms with Crippen molar-refractivity contribution in [1.29, 1.82) is 0 Å². The van der Waals surface area contributed by atoms with Gasteiger partial charge in [-0.2, -0.15) is 0 Å². The van der Waals surface area contributed by atoms with Gasteiger partial charge < -0.3 is 11.1 Å². The molecule has 0 aliphatic heterocycles. The fraction of sp³-hybridized carbons (Fsp3) is 0.647. The third-order valence-electron chi connectivity index (χ3n) is 4.40. The number of nitrogens with one attached hydrogen (secondary N) is 1. The monoisotopic (exact) mass is 289 g/mol. The minimum atomic E-state index is -0.0160. The molecule has 116 valence electrons. The number of pyridine rings is 1. The van der Waals surface area contributed by atoms with Crippen LogP contribution in [0.3, 0.4) is 0 Å². The lowest BCUT2D eigenvalue weighted by molar-refractivity contribution is 0.0921. The molecule has 0 radical (unpaired) electrons. The fourth-order valence-electron chi connectivity index (χ4n) is 3.20. The van der Waals surface area contributed by atoms with Gasteiger partial charge in [-0.05, 0) is 50.2 Å². The second-order valence-electron chi connectivity index (χ2n) is 6.11. The Kier molecular flexibility index (Phi) is 5.59. The molecule has 2 rings (SSSR count). The number of aromatic nitrogens is 1. The van der Waals surface area contributed by atoms with E-state index in [0.717, 1.165) is 30.9 Å². The van der Waals surface area contributed by atoms with E-state index in [1.165, 1.54) is 25.7 Å². The lowest BCUT2D eigenvalue weighted by atomic mass is 9.83. The topological polar surface area (TPSA) is 68.0 Å². The first-order valence-corrected chi connectivity index (χ1v) is 8.19. The first-order chi connectivity index (χ1) is 10.1. The summed E-state index contributed by atoms with van der Waals surface area (Å²) >= 11 is 0. The molecule has 3 N–H and O–H groups in total. The van der Waals surface area contributed by atoms with Gasteiger partial charge in [0.15, 0.2) is 0 Å². The van der Waals surface area contributed by atoms with E-state index in [2.05, 4.69) is 17.2 Å². The highest BCUT2D eigenvalue weighted by Crippen LogP contribution is 2.27. The highest BCUT2D eigenvalue weighted by atomic mass is 16.1. The van der Waals surface area contributed by atoms with Gasteiger partial charge in [-0.25, -0.2) is 4.98 Å². The first kappa shape index (κ1) is 15.8. The Bertz CT molecular complexity index is 479. The summed E-state index contributed by atoms with van der Waals surface area (Å²) in [6, 6.07) is 3.82. The number of amides is 1. The first-order valence-electron chi connectivity index (χ1n) is 8.19. The van der Waals surface area contributed by atoms with Gasteiger partial charge in [0.2, 0.25) is 0 Å². The van der Waals surface area contributed by atoms with Crippen LogP contribution in [0.2, 0.25) is 0 Å². The van der Waals surface area contributed by atoms with Gasteiger partial charge in [-0.3, -0.25) is 4.79 Å². The number of carbonyl (C=O) groups excluding carboxylic acids is 1. The van der Waals surface area contributed by atoms with Crippen molar-refractivity contribution in [3.8, 4) is 0 Å². The van der Waals surface area contributed by atoms with E-state index in [1.807, 2.05) is 13.0 Å². The minimum absolute atomic E-state index is 0.0160. The van der Waals surface area contributed by atoms with E-state index in [-0.39, 0.29) is 5.91 Å². The zero-order valence-corrected chi connectivity index (χ0v) is 13.2. The van der Waals surface area contributed by atoms with Crippen LogP contribution in [0.25, 0.3) is 0 Å². The molecule has 1 aromatic heterocycles. The Morgan fingerprint density at radius 3 is 2.62 bits per heavy atom. The molecule has 0 unspecified atom stereocenters. The highest BCUT2D eigenvalue weighted by Gasteiger charge is 2.22. The summed E-state index contributed by atoms with van der Waals surface area (Å²) in [4.78, 5) is 16.6. The molecule has 1 aliphatic rings. The van der Waals surface area contributed by atoms with E-state index in [1.54, 1.807) is 6.07 Å². The molecule has 1 fully saturated rings. The van der Waals surface area contributed by atoms with Crippen LogP contribution in [0.4, 0.5) is 5.82 Å². The largest absolute Gasteiger partial charge is 0.384 e. The summed E-state index contributed by atoms with van der Waals surface area (Å²) in [5.74, 6) is 1.26. The third-order valence-corrected chi connectivity index (χ3v) is 4.40. The summed E-state index contributed by atoms with van der Waals surface area (Å²) in [5, 5.41) is 3.15. The normalized spacial score (nSPS) is 22.0. The lowest BCUT2D eigenvalue weighted by Gasteiger charge is -2.29. The van der Waals surface area contributed by atoms with Crippen LogP contribution in [0.5, 0.6) is 0 Å². The average molecular weight is 289 g/mol. The van der Waals surface area contributed by atoms with Gasteiger partial charge in [0.25, 0.3) is 5.91 Å². The second-order valence-corrected chi connectivity index (χ2v) is 6.11. The summed E-state index contributed by atoms with van der Waals surface area (Å²) in [6.07, 6.45) is 8.02. The van der Waals surface area contributed by atoms with Crippen molar-refractivity contribution >= 4 is 11.7 Å². The summed E-state index contributed by atoms with van der Waals surface area (Å²) in [6.45, 7) is 4.26. The quantitative estimate of drug-likeness (QED) is 0.873. The Balaban J connectivity index is 1.92. The van der Waals surface area contributed by atoms with Gasteiger partial charge in [0.05, 0.1) is 0 Å².